The third-order valence-electron chi connectivity index (χ3n) is 3.93. The van der Waals surface area contributed by atoms with Crippen molar-refractivity contribution < 1.29 is 15.0 Å². The zero-order valence-corrected chi connectivity index (χ0v) is 13.0. The van der Waals surface area contributed by atoms with Crippen molar-refractivity contribution in [2.75, 3.05) is 0 Å². The maximum atomic E-state index is 11.8. The molecule has 0 radical (unpaired) electrons. The van der Waals surface area contributed by atoms with E-state index >= 15 is 0 Å². The topological polar surface area (TPSA) is 75.3 Å². The van der Waals surface area contributed by atoms with Crippen molar-refractivity contribution >= 4 is 39.5 Å². The number of fused-ring (bicyclic) bond motifs is 2. The van der Waals surface area contributed by atoms with Crippen LogP contribution in [0.2, 0.25) is 5.15 Å². The number of benzene rings is 2. The predicted molar refractivity (Wildman–Crippen MR) is 92.8 cm³/mol. The van der Waals surface area contributed by atoms with Gasteiger partial charge in [0, 0.05) is 16.3 Å². The minimum Gasteiger partial charge on any atom is -0.508 e. The van der Waals surface area contributed by atoms with Crippen molar-refractivity contribution in [1.82, 2.24) is 9.55 Å². The van der Waals surface area contributed by atoms with Crippen LogP contribution in [0.15, 0.2) is 54.6 Å². The van der Waals surface area contributed by atoms with Crippen LogP contribution < -0.4 is 0 Å². The largest absolute Gasteiger partial charge is 0.508 e. The first-order chi connectivity index (χ1) is 11.5. The van der Waals surface area contributed by atoms with Gasteiger partial charge in [0.15, 0.2) is 0 Å². The van der Waals surface area contributed by atoms with E-state index < -0.39 is 6.09 Å². The van der Waals surface area contributed by atoms with E-state index in [1.54, 1.807) is 12.1 Å². The van der Waals surface area contributed by atoms with Gasteiger partial charge in [0.25, 0.3) is 0 Å². The predicted octanol–water partition coefficient (Wildman–Crippen LogP) is 4.74. The van der Waals surface area contributed by atoms with Crippen molar-refractivity contribution in [3.63, 3.8) is 0 Å². The Kier molecular flexibility index (Phi) is 3.18. The molecule has 0 saturated heterocycles. The molecule has 5 nitrogen and oxygen atoms in total. The fourth-order valence-corrected chi connectivity index (χ4v) is 3.12. The number of hydrogen-bond acceptors (Lipinski definition) is 3. The van der Waals surface area contributed by atoms with Crippen LogP contribution in [-0.2, 0) is 0 Å². The van der Waals surface area contributed by atoms with E-state index in [1.165, 1.54) is 12.1 Å². The Balaban J connectivity index is 2.07. The molecule has 0 amide bonds. The number of carboxylic acid groups (broad SMARTS) is 1. The molecule has 4 aromatic rings. The van der Waals surface area contributed by atoms with Gasteiger partial charge in [0.05, 0.1) is 16.7 Å². The zero-order valence-electron chi connectivity index (χ0n) is 12.3. The molecule has 2 heterocycles. The first kappa shape index (κ1) is 14.5. The van der Waals surface area contributed by atoms with Crippen molar-refractivity contribution in [3.8, 4) is 17.0 Å². The maximum Gasteiger partial charge on any atom is 0.416 e. The van der Waals surface area contributed by atoms with Crippen LogP contribution in [0.4, 0.5) is 4.79 Å². The minimum atomic E-state index is -1.13. The van der Waals surface area contributed by atoms with Crippen LogP contribution in [0.1, 0.15) is 0 Å². The van der Waals surface area contributed by atoms with Crippen molar-refractivity contribution in [2.45, 2.75) is 0 Å². The second-order valence-corrected chi connectivity index (χ2v) is 5.77. The number of nitrogens with zero attached hydrogens (tertiary/aromatic N) is 2. The normalized spacial score (nSPS) is 11.2. The molecule has 6 heteroatoms. The molecule has 0 unspecified atom stereocenters. The molecule has 0 bridgehead atoms. The Bertz CT molecular complexity index is 1120. The highest BCUT2D eigenvalue weighted by Gasteiger charge is 2.19. The summed E-state index contributed by atoms with van der Waals surface area (Å²) in [5, 5.41) is 21.0. The summed E-state index contributed by atoms with van der Waals surface area (Å²) in [7, 11) is 0. The van der Waals surface area contributed by atoms with Gasteiger partial charge in [-0.2, -0.15) is 0 Å². The van der Waals surface area contributed by atoms with Crippen molar-refractivity contribution in [2.24, 2.45) is 0 Å². The smallest absolute Gasteiger partial charge is 0.416 e. The molecule has 2 aromatic heterocycles. The summed E-state index contributed by atoms with van der Waals surface area (Å²) < 4.78 is 1.15. The molecular formula is C18H11ClN2O3. The van der Waals surface area contributed by atoms with Gasteiger partial charge in [-0.05, 0) is 36.4 Å². The number of carbonyl (C=O) groups is 1. The number of para-hydroxylation sites is 1. The highest BCUT2D eigenvalue weighted by molar-refractivity contribution is 6.32. The molecule has 4 rings (SSSR count). The first-order valence-corrected chi connectivity index (χ1v) is 7.56. The second kappa shape index (κ2) is 5.25. The summed E-state index contributed by atoms with van der Waals surface area (Å²) in [5.74, 6) is 0.0688. The molecule has 0 aliphatic rings. The van der Waals surface area contributed by atoms with Crippen LogP contribution in [0, 0.1) is 0 Å². The standard InChI is InChI=1S/C18H11ClN2O3/c19-17-13(8-10-3-1-2-4-14(10)20-17)16-9-11-7-12(22)5-6-15(11)21(16)18(23)24/h1-9,22H,(H,23,24). The quantitative estimate of drug-likeness (QED) is 0.491. The number of phenolic OH excluding ortho intramolecular Hbond substituents is 1. The van der Waals surface area contributed by atoms with E-state index in [0.29, 0.717) is 22.2 Å². The highest BCUT2D eigenvalue weighted by atomic mass is 35.5. The average Bonchev–Trinajstić information content (AvgIpc) is 2.92. The van der Waals surface area contributed by atoms with Gasteiger partial charge in [0.1, 0.15) is 10.9 Å². The number of halogens is 1. The molecule has 118 valence electrons. The Labute approximate surface area is 141 Å². The second-order valence-electron chi connectivity index (χ2n) is 5.41. The fourth-order valence-electron chi connectivity index (χ4n) is 2.88. The van der Waals surface area contributed by atoms with Crippen LogP contribution in [0.5, 0.6) is 5.75 Å². The molecule has 0 fully saturated rings. The number of aromatic hydroxyl groups is 1. The van der Waals surface area contributed by atoms with Gasteiger partial charge in [0.2, 0.25) is 0 Å². The molecule has 0 saturated carbocycles. The van der Waals surface area contributed by atoms with Crippen molar-refractivity contribution in [3.05, 3.63) is 59.8 Å². The molecule has 0 aliphatic carbocycles. The number of phenols is 1. The van der Waals surface area contributed by atoms with Crippen LogP contribution in [0.3, 0.4) is 0 Å². The van der Waals surface area contributed by atoms with E-state index in [1.807, 2.05) is 30.3 Å². The average molecular weight is 339 g/mol. The lowest BCUT2D eigenvalue weighted by atomic mass is 10.1. The number of pyridine rings is 1. The summed E-state index contributed by atoms with van der Waals surface area (Å²) >= 11 is 6.31. The highest BCUT2D eigenvalue weighted by Crippen LogP contribution is 2.35. The maximum absolute atomic E-state index is 11.8. The Morgan fingerprint density at radius 3 is 2.62 bits per heavy atom. The van der Waals surface area contributed by atoms with Gasteiger partial charge in [-0.25, -0.2) is 14.3 Å². The molecule has 2 N–H and O–H groups in total. The van der Waals surface area contributed by atoms with E-state index in [0.717, 1.165) is 15.5 Å². The fraction of sp³-hybridized carbons (Fsp3) is 0. The van der Waals surface area contributed by atoms with Gasteiger partial charge in [-0.1, -0.05) is 29.8 Å². The van der Waals surface area contributed by atoms with E-state index in [2.05, 4.69) is 4.98 Å². The van der Waals surface area contributed by atoms with Crippen LogP contribution in [0.25, 0.3) is 33.1 Å². The minimum absolute atomic E-state index is 0.0688. The Morgan fingerprint density at radius 1 is 1.04 bits per heavy atom. The molecule has 0 spiro atoms. The molecule has 0 atom stereocenters. The van der Waals surface area contributed by atoms with Crippen LogP contribution >= 0.6 is 11.6 Å². The van der Waals surface area contributed by atoms with Crippen LogP contribution in [-0.4, -0.2) is 25.9 Å². The van der Waals surface area contributed by atoms with E-state index in [4.69, 9.17) is 11.6 Å². The third-order valence-corrected chi connectivity index (χ3v) is 4.22. The first-order valence-electron chi connectivity index (χ1n) is 7.18. The molecule has 2 aromatic carbocycles. The summed E-state index contributed by atoms with van der Waals surface area (Å²) in [4.78, 5) is 16.1. The Morgan fingerprint density at radius 2 is 1.83 bits per heavy atom. The molecule has 24 heavy (non-hydrogen) atoms. The SMILES string of the molecule is O=C(O)n1c(-c2cc3ccccc3nc2Cl)cc2cc(O)ccc21. The molecular weight excluding hydrogens is 328 g/mol. The summed E-state index contributed by atoms with van der Waals surface area (Å²) in [6.45, 7) is 0. The lowest BCUT2D eigenvalue weighted by Gasteiger charge is -2.08. The Hall–Kier alpha value is -3.05. The lowest BCUT2D eigenvalue weighted by molar-refractivity contribution is 0.198. The van der Waals surface area contributed by atoms with Gasteiger partial charge < -0.3 is 10.2 Å². The van der Waals surface area contributed by atoms with E-state index in [9.17, 15) is 15.0 Å². The number of hydrogen-bond donors (Lipinski definition) is 2. The summed E-state index contributed by atoms with van der Waals surface area (Å²) in [6, 6.07) is 15.5. The van der Waals surface area contributed by atoms with Crippen molar-refractivity contribution in [1.29, 1.82) is 0 Å². The summed E-state index contributed by atoms with van der Waals surface area (Å²) in [5.41, 5.74) is 2.14. The van der Waals surface area contributed by atoms with Gasteiger partial charge >= 0.3 is 6.09 Å². The number of rotatable bonds is 1. The van der Waals surface area contributed by atoms with Gasteiger partial charge in [-0.15, -0.1) is 0 Å². The monoisotopic (exact) mass is 338 g/mol. The lowest BCUT2D eigenvalue weighted by Crippen LogP contribution is -2.09. The van der Waals surface area contributed by atoms with Gasteiger partial charge in [-0.3, -0.25) is 0 Å². The third kappa shape index (κ3) is 2.18. The molecule has 0 aliphatic heterocycles. The number of aromatic nitrogens is 2. The zero-order chi connectivity index (χ0) is 16.8. The summed E-state index contributed by atoms with van der Waals surface area (Å²) in [6.07, 6.45) is -1.13. The van der Waals surface area contributed by atoms with E-state index in [-0.39, 0.29) is 10.9 Å².